The van der Waals surface area contributed by atoms with Crippen molar-refractivity contribution in [1.29, 1.82) is 0 Å². The van der Waals surface area contributed by atoms with Crippen molar-refractivity contribution < 1.29 is 17.9 Å². The number of methoxy groups -OCH3 is 1. The van der Waals surface area contributed by atoms with Gasteiger partial charge in [0.15, 0.2) is 0 Å². The number of carbonyl (C=O) groups excluding carboxylic acids is 1. The lowest BCUT2D eigenvalue weighted by Gasteiger charge is -2.12. The van der Waals surface area contributed by atoms with Crippen LogP contribution in [0, 0.1) is 6.92 Å². The van der Waals surface area contributed by atoms with Crippen LogP contribution in [0.4, 0.5) is 5.69 Å². The first-order valence-corrected chi connectivity index (χ1v) is 10.8. The maximum absolute atomic E-state index is 12.7. The highest BCUT2D eigenvalue weighted by molar-refractivity contribution is 7.92. The van der Waals surface area contributed by atoms with E-state index in [4.69, 9.17) is 4.74 Å². The summed E-state index contributed by atoms with van der Waals surface area (Å²) in [5.74, 6) is 0.315. The normalized spacial score (nSPS) is 11.1. The molecular formula is C20H20N2O4S2. The Kier molecular flexibility index (Phi) is 6.01. The van der Waals surface area contributed by atoms with E-state index < -0.39 is 10.0 Å². The van der Waals surface area contributed by atoms with E-state index >= 15 is 0 Å². The number of hydrogen-bond donors (Lipinski definition) is 2. The molecule has 0 aliphatic carbocycles. The van der Waals surface area contributed by atoms with E-state index in [1.165, 1.54) is 19.2 Å². The molecular weight excluding hydrogens is 396 g/mol. The molecule has 0 atom stereocenters. The number of benzene rings is 2. The van der Waals surface area contributed by atoms with Gasteiger partial charge in [0.05, 0.1) is 18.6 Å². The average Bonchev–Trinajstić information content (AvgIpc) is 3.20. The molecule has 0 aliphatic rings. The molecule has 2 aromatic carbocycles. The van der Waals surface area contributed by atoms with Crippen molar-refractivity contribution >= 4 is 33.0 Å². The Morgan fingerprint density at radius 2 is 1.86 bits per heavy atom. The van der Waals surface area contributed by atoms with E-state index in [2.05, 4.69) is 10.0 Å². The van der Waals surface area contributed by atoms with Crippen LogP contribution in [0.1, 0.15) is 20.8 Å². The largest absolute Gasteiger partial charge is 0.497 e. The molecule has 146 valence electrons. The number of thiophene rings is 1. The van der Waals surface area contributed by atoms with E-state index in [1.54, 1.807) is 48.6 Å². The van der Waals surface area contributed by atoms with Gasteiger partial charge in [-0.05, 0) is 60.3 Å². The first-order chi connectivity index (χ1) is 13.4. The van der Waals surface area contributed by atoms with Gasteiger partial charge in [0.25, 0.3) is 15.9 Å². The zero-order chi connectivity index (χ0) is 20.1. The lowest BCUT2D eigenvalue weighted by molar-refractivity contribution is 0.0950. The molecule has 3 aromatic rings. The summed E-state index contributed by atoms with van der Waals surface area (Å²) in [7, 11) is -2.29. The van der Waals surface area contributed by atoms with E-state index in [0.29, 0.717) is 29.1 Å². The fourth-order valence-corrected chi connectivity index (χ4v) is 4.29. The van der Waals surface area contributed by atoms with Crippen molar-refractivity contribution in [2.45, 2.75) is 18.4 Å². The minimum Gasteiger partial charge on any atom is -0.497 e. The average molecular weight is 417 g/mol. The summed E-state index contributed by atoms with van der Waals surface area (Å²) < 4.78 is 33.0. The van der Waals surface area contributed by atoms with Crippen LogP contribution in [0.25, 0.3) is 0 Å². The Hall–Kier alpha value is -2.84. The predicted molar refractivity (Wildman–Crippen MR) is 110 cm³/mol. The number of ether oxygens (including phenoxy) is 1. The third kappa shape index (κ3) is 4.71. The van der Waals surface area contributed by atoms with E-state index in [0.717, 1.165) is 4.88 Å². The summed E-state index contributed by atoms with van der Waals surface area (Å²) in [5, 5.41) is 4.76. The van der Waals surface area contributed by atoms with Gasteiger partial charge in [-0.25, -0.2) is 8.42 Å². The first kappa shape index (κ1) is 19.9. The van der Waals surface area contributed by atoms with Crippen molar-refractivity contribution in [3.8, 4) is 5.75 Å². The SMILES string of the molecule is COc1ccc(NS(=O)(=O)c2ccc(C)c(C(=O)NCc3cccs3)c2)cc1. The standard InChI is InChI=1S/C20H20N2O4S2/c1-14-5-10-18(12-19(14)20(23)21-13-17-4-3-11-27-17)28(24,25)22-15-6-8-16(26-2)9-7-15/h3-12,22H,13H2,1-2H3,(H,21,23). The van der Waals surface area contributed by atoms with Crippen molar-refractivity contribution in [3.05, 3.63) is 76.0 Å². The third-order valence-corrected chi connectivity index (χ3v) is 6.36. The fraction of sp³-hybridized carbons (Fsp3) is 0.150. The first-order valence-electron chi connectivity index (χ1n) is 8.47. The summed E-state index contributed by atoms with van der Waals surface area (Å²) >= 11 is 1.55. The number of sulfonamides is 1. The highest BCUT2D eigenvalue weighted by Crippen LogP contribution is 2.21. The Morgan fingerprint density at radius 1 is 1.11 bits per heavy atom. The highest BCUT2D eigenvalue weighted by atomic mass is 32.2. The van der Waals surface area contributed by atoms with Crippen LogP contribution in [0.15, 0.2) is 64.9 Å². The van der Waals surface area contributed by atoms with Crippen LogP contribution in [0.2, 0.25) is 0 Å². The maximum Gasteiger partial charge on any atom is 0.261 e. The maximum atomic E-state index is 12.7. The molecule has 1 amide bonds. The molecule has 1 aromatic heterocycles. The van der Waals surface area contributed by atoms with Crippen LogP contribution in [0.5, 0.6) is 5.75 Å². The molecule has 8 heteroatoms. The molecule has 0 bridgehead atoms. The van der Waals surface area contributed by atoms with E-state index in [9.17, 15) is 13.2 Å². The van der Waals surface area contributed by atoms with Crippen molar-refractivity contribution in [2.24, 2.45) is 0 Å². The molecule has 0 fully saturated rings. The second-order valence-electron chi connectivity index (χ2n) is 6.07. The zero-order valence-corrected chi connectivity index (χ0v) is 17.1. The number of anilines is 1. The number of aryl methyl sites for hydroxylation is 1. The lowest BCUT2D eigenvalue weighted by Crippen LogP contribution is -2.24. The van der Waals surface area contributed by atoms with Gasteiger partial charge in [-0.3, -0.25) is 9.52 Å². The van der Waals surface area contributed by atoms with Gasteiger partial charge < -0.3 is 10.1 Å². The topological polar surface area (TPSA) is 84.5 Å². The number of carbonyl (C=O) groups is 1. The van der Waals surface area contributed by atoms with Gasteiger partial charge in [-0.1, -0.05) is 12.1 Å². The molecule has 1 heterocycles. The Bertz CT molecular complexity index is 1060. The summed E-state index contributed by atoms with van der Waals surface area (Å²) in [4.78, 5) is 13.6. The molecule has 0 unspecified atom stereocenters. The Balaban J connectivity index is 1.79. The van der Waals surface area contributed by atoms with Crippen LogP contribution in [0.3, 0.4) is 0 Å². The van der Waals surface area contributed by atoms with Crippen molar-refractivity contribution in [3.63, 3.8) is 0 Å². The molecule has 0 radical (unpaired) electrons. The molecule has 0 saturated carbocycles. The highest BCUT2D eigenvalue weighted by Gasteiger charge is 2.18. The van der Waals surface area contributed by atoms with E-state index in [1.807, 2.05) is 17.5 Å². The van der Waals surface area contributed by atoms with Crippen molar-refractivity contribution in [1.82, 2.24) is 5.32 Å². The van der Waals surface area contributed by atoms with Gasteiger partial charge in [0.1, 0.15) is 5.75 Å². The number of rotatable bonds is 7. The van der Waals surface area contributed by atoms with Crippen LogP contribution in [-0.4, -0.2) is 21.4 Å². The lowest BCUT2D eigenvalue weighted by atomic mass is 10.1. The summed E-state index contributed by atoms with van der Waals surface area (Å²) in [6, 6.07) is 14.9. The summed E-state index contributed by atoms with van der Waals surface area (Å²) in [6.45, 7) is 2.17. The fourth-order valence-electron chi connectivity index (χ4n) is 2.56. The molecule has 28 heavy (non-hydrogen) atoms. The Morgan fingerprint density at radius 3 is 2.50 bits per heavy atom. The summed E-state index contributed by atoms with van der Waals surface area (Å²) in [5.41, 5.74) is 1.44. The summed E-state index contributed by atoms with van der Waals surface area (Å²) in [6.07, 6.45) is 0. The van der Waals surface area contributed by atoms with Gasteiger partial charge >= 0.3 is 0 Å². The second-order valence-corrected chi connectivity index (χ2v) is 8.79. The zero-order valence-electron chi connectivity index (χ0n) is 15.4. The number of nitrogens with one attached hydrogen (secondary N) is 2. The Labute approximate surface area is 168 Å². The minimum atomic E-state index is -3.83. The molecule has 6 nitrogen and oxygen atoms in total. The number of amides is 1. The second kappa shape index (κ2) is 8.45. The van der Waals surface area contributed by atoms with Gasteiger partial charge in [0.2, 0.25) is 0 Å². The smallest absolute Gasteiger partial charge is 0.261 e. The molecule has 0 aliphatic heterocycles. The number of hydrogen-bond acceptors (Lipinski definition) is 5. The predicted octanol–water partition coefficient (Wildman–Crippen LogP) is 3.80. The molecule has 0 spiro atoms. The van der Waals surface area contributed by atoms with Crippen LogP contribution >= 0.6 is 11.3 Å². The molecule has 3 rings (SSSR count). The third-order valence-electron chi connectivity index (χ3n) is 4.11. The van der Waals surface area contributed by atoms with Gasteiger partial charge in [0, 0.05) is 16.1 Å². The quantitative estimate of drug-likeness (QED) is 0.614. The molecule has 2 N–H and O–H groups in total. The monoisotopic (exact) mass is 416 g/mol. The van der Waals surface area contributed by atoms with Crippen molar-refractivity contribution in [2.75, 3.05) is 11.8 Å². The van der Waals surface area contributed by atoms with Crippen LogP contribution in [-0.2, 0) is 16.6 Å². The van der Waals surface area contributed by atoms with E-state index in [-0.39, 0.29) is 10.8 Å². The van der Waals surface area contributed by atoms with Gasteiger partial charge in [-0.15, -0.1) is 11.3 Å². The minimum absolute atomic E-state index is 0.0233. The molecule has 0 saturated heterocycles. The van der Waals surface area contributed by atoms with Crippen LogP contribution < -0.4 is 14.8 Å². The van der Waals surface area contributed by atoms with Gasteiger partial charge in [-0.2, -0.15) is 0 Å².